The van der Waals surface area contributed by atoms with Crippen LogP contribution in [0.2, 0.25) is 0 Å². The van der Waals surface area contributed by atoms with Gasteiger partial charge in [-0.15, -0.1) is 0 Å². The van der Waals surface area contributed by atoms with E-state index in [9.17, 15) is 9.90 Å². The van der Waals surface area contributed by atoms with E-state index in [1.54, 1.807) is 4.90 Å². The van der Waals surface area contributed by atoms with E-state index in [-0.39, 0.29) is 18.0 Å². The number of nitrogens with zero attached hydrogens (tertiary/aromatic N) is 1. The fourth-order valence-corrected chi connectivity index (χ4v) is 3.12. The number of hydrogen-bond acceptors (Lipinski definition) is 2. The molecule has 0 radical (unpaired) electrons. The van der Waals surface area contributed by atoms with Crippen molar-refractivity contribution in [2.75, 3.05) is 0 Å². The van der Waals surface area contributed by atoms with Crippen LogP contribution in [-0.2, 0) is 4.79 Å². The first-order chi connectivity index (χ1) is 8.43. The normalized spacial score (nSPS) is 19.3. The van der Waals surface area contributed by atoms with E-state index in [1.807, 2.05) is 27.7 Å². The zero-order valence-corrected chi connectivity index (χ0v) is 12.4. The molecule has 0 aliphatic heterocycles. The third-order valence-electron chi connectivity index (χ3n) is 3.93. The molecule has 0 saturated heterocycles. The quantitative estimate of drug-likeness (QED) is 0.820. The van der Waals surface area contributed by atoms with E-state index in [1.165, 1.54) is 32.1 Å². The van der Waals surface area contributed by atoms with Crippen molar-refractivity contribution in [3.8, 4) is 0 Å². The second-order valence-corrected chi connectivity index (χ2v) is 6.19. The smallest absolute Gasteiger partial charge is 0.251 e. The zero-order valence-electron chi connectivity index (χ0n) is 12.4. The molecule has 0 heterocycles. The van der Waals surface area contributed by atoms with Crippen LogP contribution in [0, 0.1) is 5.92 Å². The lowest BCUT2D eigenvalue weighted by molar-refractivity contribution is -0.145. The lowest BCUT2D eigenvalue weighted by Crippen LogP contribution is -2.47. The second-order valence-electron chi connectivity index (χ2n) is 6.19. The highest BCUT2D eigenvalue weighted by molar-refractivity contribution is 5.81. The van der Waals surface area contributed by atoms with Crippen molar-refractivity contribution in [3.63, 3.8) is 0 Å². The molecule has 18 heavy (non-hydrogen) atoms. The van der Waals surface area contributed by atoms with Gasteiger partial charge in [-0.25, -0.2) is 0 Å². The maximum atomic E-state index is 12.3. The SMILES string of the molecule is CC(C)N(C(=O)C(O)CC1CCCCC1)C(C)C. The summed E-state index contributed by atoms with van der Waals surface area (Å²) in [6.07, 6.45) is 6.01. The van der Waals surface area contributed by atoms with E-state index >= 15 is 0 Å². The Morgan fingerprint density at radius 2 is 1.61 bits per heavy atom. The Kier molecular flexibility index (Phi) is 6.13. The fourth-order valence-electron chi connectivity index (χ4n) is 3.12. The van der Waals surface area contributed by atoms with E-state index in [0.29, 0.717) is 12.3 Å². The van der Waals surface area contributed by atoms with Crippen molar-refractivity contribution in [2.24, 2.45) is 5.92 Å². The van der Waals surface area contributed by atoms with Gasteiger partial charge < -0.3 is 10.0 Å². The van der Waals surface area contributed by atoms with Crippen LogP contribution in [0.25, 0.3) is 0 Å². The van der Waals surface area contributed by atoms with Crippen LogP contribution in [-0.4, -0.2) is 34.1 Å². The molecule has 1 fully saturated rings. The monoisotopic (exact) mass is 255 g/mol. The molecule has 3 heteroatoms. The predicted octanol–water partition coefficient (Wildman–Crippen LogP) is 2.96. The van der Waals surface area contributed by atoms with Crippen LogP contribution in [0.3, 0.4) is 0 Å². The van der Waals surface area contributed by atoms with Gasteiger partial charge in [-0.1, -0.05) is 32.1 Å². The summed E-state index contributed by atoms with van der Waals surface area (Å²) in [4.78, 5) is 14.1. The van der Waals surface area contributed by atoms with Gasteiger partial charge >= 0.3 is 0 Å². The standard InChI is InChI=1S/C15H29NO2/c1-11(2)16(12(3)4)15(18)14(17)10-13-8-6-5-7-9-13/h11-14,17H,5-10H2,1-4H3. The number of carbonyl (C=O) groups excluding carboxylic acids is 1. The highest BCUT2D eigenvalue weighted by Gasteiger charge is 2.28. The zero-order chi connectivity index (χ0) is 13.7. The van der Waals surface area contributed by atoms with Gasteiger partial charge in [0.15, 0.2) is 0 Å². The summed E-state index contributed by atoms with van der Waals surface area (Å²) in [5.41, 5.74) is 0. The van der Waals surface area contributed by atoms with E-state index in [2.05, 4.69) is 0 Å². The number of aliphatic hydroxyl groups is 1. The van der Waals surface area contributed by atoms with Crippen LogP contribution in [0.1, 0.15) is 66.2 Å². The number of hydrogen-bond donors (Lipinski definition) is 1. The Labute approximate surface area is 112 Å². The Bertz CT molecular complexity index is 249. The lowest BCUT2D eigenvalue weighted by Gasteiger charge is -2.33. The number of aliphatic hydroxyl groups excluding tert-OH is 1. The van der Waals surface area contributed by atoms with Gasteiger partial charge in [0.2, 0.25) is 0 Å². The van der Waals surface area contributed by atoms with Gasteiger partial charge in [0.25, 0.3) is 5.91 Å². The summed E-state index contributed by atoms with van der Waals surface area (Å²) in [7, 11) is 0. The van der Waals surface area contributed by atoms with Crippen LogP contribution in [0.4, 0.5) is 0 Å². The summed E-state index contributed by atoms with van der Waals surface area (Å²) in [6, 6.07) is 0.303. The Morgan fingerprint density at radius 1 is 1.11 bits per heavy atom. The summed E-state index contributed by atoms with van der Waals surface area (Å²) >= 11 is 0. The first-order valence-corrected chi connectivity index (χ1v) is 7.43. The minimum atomic E-state index is -0.808. The van der Waals surface area contributed by atoms with Crippen LogP contribution >= 0.6 is 0 Å². The molecule has 0 aromatic rings. The van der Waals surface area contributed by atoms with Gasteiger partial charge in [-0.3, -0.25) is 4.79 Å². The molecule has 1 atom stereocenters. The molecule has 1 N–H and O–H groups in total. The molecule has 1 saturated carbocycles. The summed E-state index contributed by atoms with van der Waals surface area (Å²) in [6.45, 7) is 8.02. The molecule has 1 aliphatic carbocycles. The molecule has 1 amide bonds. The maximum Gasteiger partial charge on any atom is 0.251 e. The molecule has 106 valence electrons. The molecule has 1 rings (SSSR count). The van der Waals surface area contributed by atoms with E-state index in [0.717, 1.165) is 0 Å². The van der Waals surface area contributed by atoms with Crippen molar-refractivity contribution in [2.45, 2.75) is 84.4 Å². The van der Waals surface area contributed by atoms with Gasteiger partial charge in [-0.2, -0.15) is 0 Å². The third-order valence-corrected chi connectivity index (χ3v) is 3.93. The maximum absolute atomic E-state index is 12.3. The van der Waals surface area contributed by atoms with Crippen molar-refractivity contribution >= 4 is 5.91 Å². The minimum Gasteiger partial charge on any atom is -0.383 e. The Balaban J connectivity index is 2.53. The summed E-state index contributed by atoms with van der Waals surface area (Å²) in [5, 5.41) is 10.1. The number of amides is 1. The van der Waals surface area contributed by atoms with Gasteiger partial charge in [0, 0.05) is 12.1 Å². The summed E-state index contributed by atoms with van der Waals surface area (Å²) in [5.74, 6) is 0.449. The molecular weight excluding hydrogens is 226 g/mol. The van der Waals surface area contributed by atoms with Gasteiger partial charge in [-0.05, 0) is 40.0 Å². The van der Waals surface area contributed by atoms with E-state index < -0.39 is 6.10 Å². The first-order valence-electron chi connectivity index (χ1n) is 7.43. The number of carbonyl (C=O) groups is 1. The molecule has 0 aromatic heterocycles. The highest BCUT2D eigenvalue weighted by Crippen LogP contribution is 2.28. The molecule has 3 nitrogen and oxygen atoms in total. The van der Waals surface area contributed by atoms with Crippen molar-refractivity contribution in [1.29, 1.82) is 0 Å². The first kappa shape index (κ1) is 15.5. The lowest BCUT2D eigenvalue weighted by atomic mass is 9.85. The molecule has 0 aromatic carbocycles. The Hall–Kier alpha value is -0.570. The highest BCUT2D eigenvalue weighted by atomic mass is 16.3. The third kappa shape index (κ3) is 4.27. The molecular formula is C15H29NO2. The fraction of sp³-hybridized carbons (Fsp3) is 0.933. The van der Waals surface area contributed by atoms with Gasteiger partial charge in [0.1, 0.15) is 6.10 Å². The predicted molar refractivity (Wildman–Crippen MR) is 74.3 cm³/mol. The minimum absolute atomic E-state index is 0.0921. The molecule has 1 unspecified atom stereocenters. The molecule has 0 spiro atoms. The average Bonchev–Trinajstić information content (AvgIpc) is 2.29. The number of rotatable bonds is 5. The molecule has 0 bridgehead atoms. The average molecular weight is 255 g/mol. The summed E-state index contributed by atoms with van der Waals surface area (Å²) < 4.78 is 0. The van der Waals surface area contributed by atoms with E-state index in [4.69, 9.17) is 0 Å². The van der Waals surface area contributed by atoms with Crippen molar-refractivity contribution < 1.29 is 9.90 Å². The van der Waals surface area contributed by atoms with Crippen LogP contribution in [0.15, 0.2) is 0 Å². The van der Waals surface area contributed by atoms with Crippen LogP contribution in [0.5, 0.6) is 0 Å². The van der Waals surface area contributed by atoms with Crippen molar-refractivity contribution in [3.05, 3.63) is 0 Å². The largest absolute Gasteiger partial charge is 0.383 e. The topological polar surface area (TPSA) is 40.5 Å². The molecule has 1 aliphatic rings. The second kappa shape index (κ2) is 7.13. The van der Waals surface area contributed by atoms with Crippen molar-refractivity contribution in [1.82, 2.24) is 4.90 Å². The Morgan fingerprint density at radius 3 is 2.06 bits per heavy atom. The van der Waals surface area contributed by atoms with Crippen LogP contribution < -0.4 is 0 Å². The van der Waals surface area contributed by atoms with Gasteiger partial charge in [0.05, 0.1) is 0 Å².